The predicted octanol–water partition coefficient (Wildman–Crippen LogP) is 1.64. The smallest absolute Gasteiger partial charge is 0.411 e. The lowest BCUT2D eigenvalue weighted by Crippen LogP contribution is -3.00. The summed E-state index contributed by atoms with van der Waals surface area (Å²) in [7, 11) is 5.66. The summed E-state index contributed by atoms with van der Waals surface area (Å²) >= 11 is 1.46. The van der Waals surface area contributed by atoms with Crippen molar-refractivity contribution in [1.29, 1.82) is 0 Å². The van der Waals surface area contributed by atoms with Crippen molar-refractivity contribution < 1.29 is 26.3 Å². The summed E-state index contributed by atoms with van der Waals surface area (Å²) in [6.07, 6.45) is 1.89. The molecule has 0 saturated carbocycles. The van der Waals surface area contributed by atoms with Crippen LogP contribution >= 0.6 is 11.3 Å². The van der Waals surface area contributed by atoms with Crippen LogP contribution in [0.5, 0.6) is 5.06 Å². The second-order valence-electron chi connectivity index (χ2n) is 5.71. The number of benzene rings is 2. The fourth-order valence-electron chi connectivity index (χ4n) is 2.41. The Labute approximate surface area is 168 Å². The number of thiazole rings is 1. The summed E-state index contributed by atoms with van der Waals surface area (Å²) in [6.45, 7) is 0.868. The van der Waals surface area contributed by atoms with Crippen molar-refractivity contribution >= 4 is 27.8 Å². The van der Waals surface area contributed by atoms with Gasteiger partial charge in [0.2, 0.25) is 5.06 Å². The summed E-state index contributed by atoms with van der Waals surface area (Å²) in [5, 5.41) is 10.2. The molecule has 3 rings (SSSR count). The number of methoxy groups -OCH3 is 1. The molecule has 0 bridgehead atoms. The maximum Gasteiger partial charge on any atom is 0.411 e. The van der Waals surface area contributed by atoms with E-state index in [1.807, 2.05) is 36.0 Å². The van der Waals surface area contributed by atoms with E-state index in [2.05, 4.69) is 58.6 Å². The van der Waals surface area contributed by atoms with E-state index in [0.717, 1.165) is 28.1 Å². The number of aromatic nitrogens is 1. The third-order valence-corrected chi connectivity index (χ3v) is 4.82. The maximum atomic E-state index is 5.21. The molecule has 0 aliphatic heterocycles. The van der Waals surface area contributed by atoms with Gasteiger partial charge in [-0.05, 0) is 46.3 Å². The normalized spacial score (nSPS) is 10.6. The van der Waals surface area contributed by atoms with Crippen molar-refractivity contribution in [2.45, 2.75) is 6.54 Å². The summed E-state index contributed by atoms with van der Waals surface area (Å²) in [5.74, 6) is 0. The highest BCUT2D eigenvalue weighted by Gasteiger charge is 2.13. The monoisotopic (exact) mass is 432 g/mol. The Morgan fingerprint density at radius 2 is 1.73 bits per heavy atom. The number of anilines is 1. The Morgan fingerprint density at radius 1 is 1.04 bits per heavy atom. The van der Waals surface area contributed by atoms with E-state index in [9.17, 15) is 0 Å². The molecule has 0 unspecified atom stereocenters. The van der Waals surface area contributed by atoms with Gasteiger partial charge in [-0.15, -0.1) is 0 Å². The van der Waals surface area contributed by atoms with E-state index in [4.69, 9.17) is 4.74 Å². The van der Waals surface area contributed by atoms with Gasteiger partial charge in [0.25, 0.3) is 0 Å². The van der Waals surface area contributed by atoms with Crippen LogP contribution < -0.4 is 31.2 Å². The van der Waals surface area contributed by atoms with E-state index in [1.165, 1.54) is 16.9 Å². The molecule has 0 N–H and O–H groups in total. The van der Waals surface area contributed by atoms with Gasteiger partial charge in [0.05, 0.1) is 19.3 Å². The van der Waals surface area contributed by atoms with Crippen molar-refractivity contribution in [2.24, 2.45) is 17.3 Å². The standard InChI is InChI=1S/C19H21N4OS.BrH/c1-22(13-15-7-5-4-6-8-15)17-11-9-16(10-12-17)20-21-19-23(2)14-18(24-3)25-19;/h4-12,14H,13H2,1-3H3;1H/q+1;/p-1. The zero-order valence-electron chi connectivity index (χ0n) is 15.0. The zero-order valence-corrected chi connectivity index (χ0v) is 17.4. The van der Waals surface area contributed by atoms with Crippen LogP contribution in [0.1, 0.15) is 5.56 Å². The fraction of sp³-hybridized carbons (Fsp3) is 0.211. The molecule has 7 heteroatoms. The van der Waals surface area contributed by atoms with Crippen LogP contribution in [0.25, 0.3) is 0 Å². The first-order valence-corrected chi connectivity index (χ1v) is 8.77. The average Bonchev–Trinajstić information content (AvgIpc) is 3.01. The molecule has 0 spiro atoms. The molecule has 26 heavy (non-hydrogen) atoms. The second kappa shape index (κ2) is 9.45. The van der Waals surface area contributed by atoms with Gasteiger partial charge >= 0.3 is 5.13 Å². The van der Waals surface area contributed by atoms with Gasteiger partial charge in [0, 0.05) is 19.3 Å². The molecule has 0 saturated heterocycles. The Morgan fingerprint density at radius 3 is 2.35 bits per heavy atom. The van der Waals surface area contributed by atoms with Crippen molar-refractivity contribution in [2.75, 3.05) is 19.1 Å². The van der Waals surface area contributed by atoms with Gasteiger partial charge < -0.3 is 26.6 Å². The summed E-state index contributed by atoms with van der Waals surface area (Å²) in [5.41, 5.74) is 3.25. The van der Waals surface area contributed by atoms with Crippen LogP contribution in [-0.2, 0) is 13.6 Å². The van der Waals surface area contributed by atoms with Gasteiger partial charge in [0.15, 0.2) is 0 Å². The lowest BCUT2D eigenvalue weighted by molar-refractivity contribution is -0.654. The van der Waals surface area contributed by atoms with Crippen molar-refractivity contribution in [3.8, 4) is 5.06 Å². The molecule has 0 atom stereocenters. The number of nitrogens with zero attached hydrogens (tertiary/aromatic N) is 4. The van der Waals surface area contributed by atoms with E-state index in [1.54, 1.807) is 7.11 Å². The highest BCUT2D eigenvalue weighted by molar-refractivity contribution is 7.16. The van der Waals surface area contributed by atoms with Gasteiger partial charge in [-0.3, -0.25) is 0 Å². The molecule has 136 valence electrons. The average molecular weight is 433 g/mol. The molecule has 5 nitrogen and oxygen atoms in total. The van der Waals surface area contributed by atoms with Crippen LogP contribution in [0, 0.1) is 0 Å². The Bertz CT molecular complexity index is 850. The Kier molecular flexibility index (Phi) is 7.29. The summed E-state index contributed by atoms with van der Waals surface area (Å²) < 4.78 is 7.11. The molecule has 1 heterocycles. The Balaban J connectivity index is 0.00000243. The number of aryl methyl sites for hydroxylation is 1. The topological polar surface area (TPSA) is 41.1 Å². The first kappa shape index (κ1) is 20.1. The minimum absolute atomic E-state index is 0. The minimum Gasteiger partial charge on any atom is -1.00 e. The van der Waals surface area contributed by atoms with Crippen LogP contribution in [0.4, 0.5) is 16.5 Å². The molecule has 1 aromatic heterocycles. The fourth-order valence-corrected chi connectivity index (χ4v) is 3.16. The molecule has 0 aliphatic carbocycles. The van der Waals surface area contributed by atoms with Crippen molar-refractivity contribution in [1.82, 2.24) is 0 Å². The maximum absolute atomic E-state index is 5.21. The van der Waals surface area contributed by atoms with Gasteiger partial charge in [-0.25, -0.2) is 4.57 Å². The van der Waals surface area contributed by atoms with Crippen LogP contribution in [0.2, 0.25) is 0 Å². The first-order valence-electron chi connectivity index (χ1n) is 7.96. The molecule has 2 aromatic carbocycles. The van der Waals surface area contributed by atoms with Crippen LogP contribution in [0.3, 0.4) is 0 Å². The largest absolute Gasteiger partial charge is 1.00 e. The third kappa shape index (κ3) is 5.12. The SMILES string of the molecule is COc1c[n+](C)c(N=Nc2ccc(N(C)Cc3ccccc3)cc2)s1.[Br-]. The highest BCUT2D eigenvalue weighted by Crippen LogP contribution is 2.27. The third-order valence-electron chi connectivity index (χ3n) is 3.80. The summed E-state index contributed by atoms with van der Waals surface area (Å²) in [6, 6.07) is 18.5. The van der Waals surface area contributed by atoms with E-state index in [-0.39, 0.29) is 17.0 Å². The van der Waals surface area contributed by atoms with Crippen LogP contribution in [0.15, 0.2) is 71.0 Å². The van der Waals surface area contributed by atoms with Crippen LogP contribution in [-0.4, -0.2) is 14.2 Å². The second-order valence-corrected chi connectivity index (χ2v) is 6.68. The van der Waals surface area contributed by atoms with E-state index < -0.39 is 0 Å². The quantitative estimate of drug-likeness (QED) is 0.438. The highest BCUT2D eigenvalue weighted by atomic mass is 79.9. The number of halogens is 1. The molecule has 3 aromatic rings. The zero-order chi connectivity index (χ0) is 17.6. The van der Waals surface area contributed by atoms with Crippen molar-refractivity contribution in [3.63, 3.8) is 0 Å². The van der Waals surface area contributed by atoms with Crippen molar-refractivity contribution in [3.05, 3.63) is 66.4 Å². The van der Waals surface area contributed by atoms with E-state index in [0.29, 0.717) is 0 Å². The molecular formula is C19H21BrN4OS. The number of hydrogen-bond acceptors (Lipinski definition) is 5. The minimum atomic E-state index is 0. The number of hydrogen-bond donors (Lipinski definition) is 0. The predicted molar refractivity (Wildman–Crippen MR) is 101 cm³/mol. The van der Waals surface area contributed by atoms with Gasteiger partial charge in [-0.1, -0.05) is 30.3 Å². The molecule has 0 radical (unpaired) electrons. The lowest BCUT2D eigenvalue weighted by Gasteiger charge is -2.19. The lowest BCUT2D eigenvalue weighted by atomic mass is 10.2. The molecule has 0 fully saturated rings. The Hall–Kier alpha value is -2.25. The van der Waals surface area contributed by atoms with Gasteiger partial charge in [-0.2, -0.15) is 0 Å². The molecule has 0 amide bonds. The van der Waals surface area contributed by atoms with Gasteiger partial charge in [0.1, 0.15) is 11.9 Å². The molecular weight excluding hydrogens is 412 g/mol. The first-order chi connectivity index (χ1) is 12.2. The number of azo groups is 1. The number of ether oxygens (including phenoxy) is 1. The van der Waals surface area contributed by atoms with E-state index >= 15 is 0 Å². The number of rotatable bonds is 6. The molecule has 0 aliphatic rings. The summed E-state index contributed by atoms with van der Waals surface area (Å²) in [4.78, 5) is 2.21.